The number of ether oxygens (including phenoxy) is 1. The van der Waals surface area contributed by atoms with Crippen LogP contribution >= 0.6 is 0 Å². The standard InChI is InChI=1S/C23H30N2O4S/c1-17(19-14-13-18-8-6-9-20(18)16-19)24-23(26)12-7-15-25(30(3,27)28)21-10-4-5-11-22(21)29-2/h4-5,10-11,13-14,16-17H,6-9,12,15H2,1-3H3,(H,24,26)/t17-/m1/s1. The predicted molar refractivity (Wildman–Crippen MR) is 119 cm³/mol. The monoisotopic (exact) mass is 430 g/mol. The van der Waals surface area contributed by atoms with Crippen LogP contribution in [0.3, 0.4) is 0 Å². The van der Waals surface area contributed by atoms with Crippen molar-refractivity contribution >= 4 is 21.6 Å². The van der Waals surface area contributed by atoms with Gasteiger partial charge in [-0.3, -0.25) is 9.10 Å². The van der Waals surface area contributed by atoms with Gasteiger partial charge in [-0.25, -0.2) is 8.42 Å². The first kappa shape index (κ1) is 22.2. The second kappa shape index (κ2) is 9.51. The number of nitrogens with one attached hydrogen (secondary N) is 1. The van der Waals surface area contributed by atoms with E-state index in [9.17, 15) is 13.2 Å². The molecule has 0 fully saturated rings. The minimum absolute atomic E-state index is 0.0800. The molecule has 1 N–H and O–H groups in total. The predicted octanol–water partition coefficient (Wildman–Crippen LogP) is 3.61. The molecule has 0 saturated heterocycles. The van der Waals surface area contributed by atoms with Gasteiger partial charge in [-0.15, -0.1) is 0 Å². The van der Waals surface area contributed by atoms with Crippen LogP contribution in [0.5, 0.6) is 5.75 Å². The molecule has 1 aliphatic carbocycles. The normalized spacial score (nSPS) is 14.1. The summed E-state index contributed by atoms with van der Waals surface area (Å²) in [6, 6.07) is 13.3. The Morgan fingerprint density at radius 3 is 2.63 bits per heavy atom. The molecule has 3 rings (SSSR count). The van der Waals surface area contributed by atoms with Gasteiger partial charge in [0.2, 0.25) is 15.9 Å². The lowest BCUT2D eigenvalue weighted by Gasteiger charge is -2.24. The van der Waals surface area contributed by atoms with E-state index in [1.54, 1.807) is 24.3 Å². The number of anilines is 1. The van der Waals surface area contributed by atoms with E-state index in [-0.39, 0.29) is 24.9 Å². The zero-order chi connectivity index (χ0) is 21.7. The molecular formula is C23H30N2O4S. The van der Waals surface area contributed by atoms with Crippen molar-refractivity contribution in [2.75, 3.05) is 24.2 Å². The van der Waals surface area contributed by atoms with Crippen molar-refractivity contribution in [3.05, 3.63) is 59.2 Å². The van der Waals surface area contributed by atoms with Gasteiger partial charge in [0.25, 0.3) is 0 Å². The van der Waals surface area contributed by atoms with Crippen molar-refractivity contribution in [2.45, 2.75) is 45.1 Å². The van der Waals surface area contributed by atoms with Crippen molar-refractivity contribution in [1.82, 2.24) is 5.32 Å². The number of sulfonamides is 1. The van der Waals surface area contributed by atoms with Gasteiger partial charge in [-0.1, -0.05) is 30.3 Å². The zero-order valence-electron chi connectivity index (χ0n) is 17.8. The molecule has 0 aromatic heterocycles. The van der Waals surface area contributed by atoms with Gasteiger partial charge in [-0.2, -0.15) is 0 Å². The Balaban J connectivity index is 1.58. The third-order valence-electron chi connectivity index (χ3n) is 5.52. The van der Waals surface area contributed by atoms with E-state index in [0.29, 0.717) is 17.9 Å². The van der Waals surface area contributed by atoms with Crippen LogP contribution in [0.4, 0.5) is 5.69 Å². The first-order valence-electron chi connectivity index (χ1n) is 10.3. The fourth-order valence-corrected chi connectivity index (χ4v) is 4.91. The molecule has 1 atom stereocenters. The lowest BCUT2D eigenvalue weighted by Crippen LogP contribution is -2.32. The summed E-state index contributed by atoms with van der Waals surface area (Å²) in [5, 5.41) is 3.03. The molecule has 7 heteroatoms. The molecule has 6 nitrogen and oxygen atoms in total. The second-order valence-electron chi connectivity index (χ2n) is 7.78. The van der Waals surface area contributed by atoms with E-state index in [1.807, 2.05) is 6.92 Å². The molecule has 0 radical (unpaired) electrons. The van der Waals surface area contributed by atoms with Gasteiger partial charge in [0.1, 0.15) is 5.75 Å². The number of carbonyl (C=O) groups excluding carboxylic acids is 1. The van der Waals surface area contributed by atoms with Crippen LogP contribution < -0.4 is 14.4 Å². The zero-order valence-corrected chi connectivity index (χ0v) is 18.7. The summed E-state index contributed by atoms with van der Waals surface area (Å²) in [5.41, 5.74) is 4.38. The highest BCUT2D eigenvalue weighted by atomic mass is 32.2. The third-order valence-corrected chi connectivity index (χ3v) is 6.70. The molecule has 2 aromatic carbocycles. The Morgan fingerprint density at radius 2 is 1.90 bits per heavy atom. The van der Waals surface area contributed by atoms with E-state index in [1.165, 1.54) is 29.0 Å². The number of nitrogens with zero attached hydrogens (tertiary/aromatic N) is 1. The van der Waals surface area contributed by atoms with Crippen LogP contribution in [-0.2, 0) is 27.7 Å². The Hall–Kier alpha value is -2.54. The molecule has 0 bridgehead atoms. The lowest BCUT2D eigenvalue weighted by atomic mass is 10.0. The van der Waals surface area contributed by atoms with Crippen LogP contribution in [0.1, 0.15) is 48.9 Å². The summed E-state index contributed by atoms with van der Waals surface area (Å²) in [5.74, 6) is 0.397. The maximum absolute atomic E-state index is 12.4. The lowest BCUT2D eigenvalue weighted by molar-refractivity contribution is -0.121. The van der Waals surface area contributed by atoms with Gasteiger partial charge in [0, 0.05) is 13.0 Å². The first-order chi connectivity index (χ1) is 14.3. The first-order valence-corrected chi connectivity index (χ1v) is 12.2. The third kappa shape index (κ3) is 5.33. The van der Waals surface area contributed by atoms with Crippen LogP contribution in [0.15, 0.2) is 42.5 Å². The highest BCUT2D eigenvalue weighted by molar-refractivity contribution is 7.92. The molecule has 162 valence electrons. The van der Waals surface area contributed by atoms with Crippen molar-refractivity contribution < 1.29 is 17.9 Å². The number of hydrogen-bond donors (Lipinski definition) is 1. The Labute approximate surface area is 179 Å². The number of rotatable bonds is 9. The summed E-state index contributed by atoms with van der Waals surface area (Å²) < 4.78 is 31.2. The van der Waals surface area contributed by atoms with Gasteiger partial charge in [0.15, 0.2) is 0 Å². The Bertz CT molecular complexity index is 1000. The topological polar surface area (TPSA) is 75.7 Å². The molecule has 1 amide bonds. The maximum Gasteiger partial charge on any atom is 0.232 e. The molecule has 0 heterocycles. The molecular weight excluding hydrogens is 400 g/mol. The Morgan fingerprint density at radius 1 is 1.17 bits per heavy atom. The van der Waals surface area contributed by atoms with Gasteiger partial charge < -0.3 is 10.1 Å². The van der Waals surface area contributed by atoms with Crippen LogP contribution in [0.25, 0.3) is 0 Å². The minimum atomic E-state index is -3.50. The SMILES string of the molecule is COc1ccccc1N(CCCC(=O)N[C@H](C)c1ccc2c(c1)CCC2)S(C)(=O)=O. The van der Waals surface area contributed by atoms with E-state index in [0.717, 1.165) is 24.7 Å². The number of carbonyl (C=O) groups is 1. The molecule has 1 aliphatic rings. The molecule has 0 aliphatic heterocycles. The molecule has 0 unspecified atom stereocenters. The number of methoxy groups -OCH3 is 1. The molecule has 0 spiro atoms. The van der Waals surface area contributed by atoms with E-state index >= 15 is 0 Å². The summed E-state index contributed by atoms with van der Waals surface area (Å²) in [6.07, 6.45) is 5.26. The van der Waals surface area contributed by atoms with Crippen LogP contribution in [0, 0.1) is 0 Å². The van der Waals surface area contributed by atoms with Crippen LogP contribution in [0.2, 0.25) is 0 Å². The number of amides is 1. The summed E-state index contributed by atoms with van der Waals surface area (Å²) >= 11 is 0. The number of para-hydroxylation sites is 2. The quantitative estimate of drug-likeness (QED) is 0.659. The fourth-order valence-electron chi connectivity index (χ4n) is 3.94. The number of hydrogen-bond acceptors (Lipinski definition) is 4. The smallest absolute Gasteiger partial charge is 0.232 e. The van der Waals surface area contributed by atoms with E-state index < -0.39 is 10.0 Å². The van der Waals surface area contributed by atoms with Crippen molar-refractivity contribution in [3.8, 4) is 5.75 Å². The molecule has 0 saturated carbocycles. The van der Waals surface area contributed by atoms with Gasteiger partial charge in [0.05, 0.1) is 25.1 Å². The number of benzene rings is 2. The highest BCUT2D eigenvalue weighted by Crippen LogP contribution is 2.30. The minimum Gasteiger partial charge on any atom is -0.495 e. The van der Waals surface area contributed by atoms with E-state index in [2.05, 4.69) is 23.5 Å². The second-order valence-corrected chi connectivity index (χ2v) is 9.69. The Kier molecular flexibility index (Phi) is 7.02. The average molecular weight is 431 g/mol. The fraction of sp³-hybridized carbons (Fsp3) is 0.435. The average Bonchev–Trinajstić information content (AvgIpc) is 3.18. The number of fused-ring (bicyclic) bond motifs is 1. The molecule has 2 aromatic rings. The van der Waals surface area contributed by atoms with Crippen LogP contribution in [-0.4, -0.2) is 34.2 Å². The van der Waals surface area contributed by atoms with Gasteiger partial charge >= 0.3 is 0 Å². The van der Waals surface area contributed by atoms with Crippen molar-refractivity contribution in [1.29, 1.82) is 0 Å². The molecule has 30 heavy (non-hydrogen) atoms. The maximum atomic E-state index is 12.4. The number of aryl methyl sites for hydroxylation is 2. The summed E-state index contributed by atoms with van der Waals surface area (Å²) in [7, 11) is -1.99. The summed E-state index contributed by atoms with van der Waals surface area (Å²) in [6.45, 7) is 2.19. The highest BCUT2D eigenvalue weighted by Gasteiger charge is 2.21. The van der Waals surface area contributed by atoms with Crippen molar-refractivity contribution in [3.63, 3.8) is 0 Å². The van der Waals surface area contributed by atoms with Gasteiger partial charge in [-0.05, 0) is 61.4 Å². The van der Waals surface area contributed by atoms with E-state index in [4.69, 9.17) is 4.74 Å². The summed E-state index contributed by atoms with van der Waals surface area (Å²) in [4.78, 5) is 12.4. The largest absolute Gasteiger partial charge is 0.495 e. The van der Waals surface area contributed by atoms with Crippen molar-refractivity contribution in [2.24, 2.45) is 0 Å².